The number of esters is 1. The molecule has 3 heteroatoms. The predicted molar refractivity (Wildman–Crippen MR) is 66.7 cm³/mol. The van der Waals surface area contributed by atoms with Crippen LogP contribution in [0.5, 0.6) is 0 Å². The van der Waals surface area contributed by atoms with Crippen molar-refractivity contribution >= 4 is 5.97 Å². The van der Waals surface area contributed by atoms with Gasteiger partial charge in [-0.1, -0.05) is 24.3 Å². The number of carbonyl (C=O) groups excluding carboxylic acids is 1. The highest BCUT2D eigenvalue weighted by atomic mass is 16.5. The number of nitrogens with two attached hydrogens (primary N) is 1. The maximum atomic E-state index is 11.5. The standard InChI is InChI=1S/C14H19NO2/c1-2-17-14(16)13(15)9-11-5-3-4-6-12(11)10-7-8-10/h3-6,10,13H,2,7-9,15H2,1H3. The molecule has 1 fully saturated rings. The van der Waals surface area contributed by atoms with Crippen LogP contribution < -0.4 is 5.73 Å². The van der Waals surface area contributed by atoms with Gasteiger partial charge in [-0.15, -0.1) is 0 Å². The van der Waals surface area contributed by atoms with E-state index < -0.39 is 6.04 Å². The summed E-state index contributed by atoms with van der Waals surface area (Å²) in [4.78, 5) is 11.5. The first-order chi connectivity index (χ1) is 8.22. The molecule has 1 aromatic rings. The molecule has 0 saturated heterocycles. The van der Waals surface area contributed by atoms with Gasteiger partial charge in [-0.05, 0) is 43.2 Å². The average Bonchev–Trinajstić information content (AvgIpc) is 3.14. The molecular weight excluding hydrogens is 214 g/mol. The third-order valence-electron chi connectivity index (χ3n) is 3.10. The largest absolute Gasteiger partial charge is 0.465 e. The molecule has 1 aliphatic carbocycles. The van der Waals surface area contributed by atoms with Gasteiger partial charge in [0.25, 0.3) is 0 Å². The van der Waals surface area contributed by atoms with Crippen LogP contribution in [0.3, 0.4) is 0 Å². The van der Waals surface area contributed by atoms with Crippen LogP contribution in [0.15, 0.2) is 24.3 Å². The molecule has 1 aliphatic rings. The van der Waals surface area contributed by atoms with Crippen molar-refractivity contribution in [2.24, 2.45) is 5.73 Å². The van der Waals surface area contributed by atoms with Gasteiger partial charge >= 0.3 is 5.97 Å². The minimum Gasteiger partial charge on any atom is -0.465 e. The Labute approximate surface area is 102 Å². The molecule has 0 radical (unpaired) electrons. The lowest BCUT2D eigenvalue weighted by atomic mass is 9.98. The molecular formula is C14H19NO2. The lowest BCUT2D eigenvalue weighted by Crippen LogP contribution is -2.34. The number of benzene rings is 1. The fourth-order valence-corrected chi connectivity index (χ4v) is 2.08. The lowest BCUT2D eigenvalue weighted by Gasteiger charge is -2.13. The Balaban J connectivity index is 2.04. The van der Waals surface area contributed by atoms with Crippen LogP contribution in [0.4, 0.5) is 0 Å². The number of hydrogen-bond acceptors (Lipinski definition) is 3. The summed E-state index contributed by atoms with van der Waals surface area (Å²) in [6, 6.07) is 7.71. The summed E-state index contributed by atoms with van der Waals surface area (Å²) in [6.45, 7) is 2.18. The summed E-state index contributed by atoms with van der Waals surface area (Å²) in [7, 11) is 0. The summed E-state index contributed by atoms with van der Waals surface area (Å²) in [5.41, 5.74) is 8.39. The zero-order chi connectivity index (χ0) is 12.3. The van der Waals surface area contributed by atoms with Gasteiger partial charge in [0.2, 0.25) is 0 Å². The van der Waals surface area contributed by atoms with Crippen molar-refractivity contribution in [2.45, 2.75) is 38.1 Å². The summed E-state index contributed by atoms with van der Waals surface area (Å²) >= 11 is 0. The van der Waals surface area contributed by atoms with Crippen LogP contribution >= 0.6 is 0 Å². The highest BCUT2D eigenvalue weighted by molar-refractivity contribution is 5.76. The second kappa shape index (κ2) is 5.32. The van der Waals surface area contributed by atoms with Crippen LogP contribution in [0.1, 0.15) is 36.8 Å². The molecule has 2 N–H and O–H groups in total. The van der Waals surface area contributed by atoms with Gasteiger partial charge in [-0.25, -0.2) is 0 Å². The fraction of sp³-hybridized carbons (Fsp3) is 0.500. The second-order valence-electron chi connectivity index (χ2n) is 4.54. The Morgan fingerprint density at radius 3 is 2.82 bits per heavy atom. The minimum atomic E-state index is -0.546. The number of hydrogen-bond donors (Lipinski definition) is 1. The molecule has 1 saturated carbocycles. The van der Waals surface area contributed by atoms with Crippen molar-refractivity contribution in [1.29, 1.82) is 0 Å². The smallest absolute Gasteiger partial charge is 0.323 e. The van der Waals surface area contributed by atoms with Gasteiger partial charge in [0.05, 0.1) is 6.61 Å². The van der Waals surface area contributed by atoms with E-state index in [0.29, 0.717) is 18.9 Å². The van der Waals surface area contributed by atoms with E-state index >= 15 is 0 Å². The number of ether oxygens (including phenoxy) is 1. The second-order valence-corrected chi connectivity index (χ2v) is 4.54. The van der Waals surface area contributed by atoms with Crippen molar-refractivity contribution in [3.63, 3.8) is 0 Å². The molecule has 0 spiro atoms. The van der Waals surface area contributed by atoms with Crippen molar-refractivity contribution < 1.29 is 9.53 Å². The van der Waals surface area contributed by atoms with Crippen LogP contribution in [-0.4, -0.2) is 18.6 Å². The van der Waals surface area contributed by atoms with Crippen molar-refractivity contribution in [1.82, 2.24) is 0 Å². The molecule has 2 rings (SSSR count). The Kier molecular flexibility index (Phi) is 3.79. The molecule has 1 unspecified atom stereocenters. The maximum absolute atomic E-state index is 11.5. The third-order valence-corrected chi connectivity index (χ3v) is 3.10. The molecule has 1 aromatic carbocycles. The minimum absolute atomic E-state index is 0.307. The van der Waals surface area contributed by atoms with Crippen LogP contribution in [0.25, 0.3) is 0 Å². The average molecular weight is 233 g/mol. The summed E-state index contributed by atoms with van der Waals surface area (Å²) < 4.78 is 4.93. The Morgan fingerprint density at radius 2 is 2.18 bits per heavy atom. The summed E-state index contributed by atoms with van der Waals surface area (Å²) in [5.74, 6) is 0.374. The SMILES string of the molecule is CCOC(=O)C(N)Cc1ccccc1C1CC1. The molecule has 0 heterocycles. The number of carbonyl (C=O) groups is 1. The lowest BCUT2D eigenvalue weighted by molar-refractivity contribution is -0.144. The van der Waals surface area contributed by atoms with Crippen molar-refractivity contribution in [2.75, 3.05) is 6.61 Å². The first-order valence-electron chi connectivity index (χ1n) is 6.22. The van der Waals surface area contributed by atoms with E-state index in [1.54, 1.807) is 6.92 Å². The van der Waals surface area contributed by atoms with Gasteiger partial charge in [0.1, 0.15) is 6.04 Å². The molecule has 92 valence electrons. The fourth-order valence-electron chi connectivity index (χ4n) is 2.08. The van der Waals surface area contributed by atoms with E-state index in [-0.39, 0.29) is 5.97 Å². The van der Waals surface area contributed by atoms with E-state index in [2.05, 4.69) is 12.1 Å². The topological polar surface area (TPSA) is 52.3 Å². The highest BCUT2D eigenvalue weighted by Gasteiger charge is 2.27. The molecule has 3 nitrogen and oxygen atoms in total. The van der Waals surface area contributed by atoms with Gasteiger partial charge < -0.3 is 10.5 Å². The normalized spacial score (nSPS) is 16.6. The molecule has 0 amide bonds. The van der Waals surface area contributed by atoms with Gasteiger partial charge in [-0.2, -0.15) is 0 Å². The van der Waals surface area contributed by atoms with Gasteiger partial charge in [0.15, 0.2) is 0 Å². The van der Waals surface area contributed by atoms with E-state index in [0.717, 1.165) is 0 Å². The van der Waals surface area contributed by atoms with Crippen LogP contribution in [0.2, 0.25) is 0 Å². The van der Waals surface area contributed by atoms with Crippen LogP contribution in [0, 0.1) is 0 Å². The van der Waals surface area contributed by atoms with Crippen molar-refractivity contribution in [3.05, 3.63) is 35.4 Å². The third kappa shape index (κ3) is 3.07. The maximum Gasteiger partial charge on any atom is 0.323 e. The monoisotopic (exact) mass is 233 g/mol. The van der Waals surface area contributed by atoms with E-state index in [1.165, 1.54) is 24.0 Å². The summed E-state index contributed by atoms with van der Waals surface area (Å²) in [5, 5.41) is 0. The van der Waals surface area contributed by atoms with Crippen LogP contribution in [-0.2, 0) is 16.0 Å². The van der Waals surface area contributed by atoms with E-state index in [1.807, 2.05) is 12.1 Å². The zero-order valence-corrected chi connectivity index (χ0v) is 10.2. The number of rotatable bonds is 5. The first-order valence-corrected chi connectivity index (χ1v) is 6.22. The van der Waals surface area contributed by atoms with E-state index in [9.17, 15) is 4.79 Å². The van der Waals surface area contributed by atoms with Gasteiger partial charge in [0, 0.05) is 0 Å². The Hall–Kier alpha value is -1.35. The molecule has 0 aromatic heterocycles. The molecule has 0 aliphatic heterocycles. The molecule has 1 atom stereocenters. The predicted octanol–water partition coefficient (Wildman–Crippen LogP) is 2.00. The quantitative estimate of drug-likeness (QED) is 0.791. The Morgan fingerprint density at radius 1 is 1.47 bits per heavy atom. The van der Waals surface area contributed by atoms with Gasteiger partial charge in [-0.3, -0.25) is 4.79 Å². The molecule has 17 heavy (non-hydrogen) atoms. The Bertz CT molecular complexity index is 399. The zero-order valence-electron chi connectivity index (χ0n) is 10.2. The van der Waals surface area contributed by atoms with Crippen molar-refractivity contribution in [3.8, 4) is 0 Å². The van der Waals surface area contributed by atoms with E-state index in [4.69, 9.17) is 10.5 Å². The highest BCUT2D eigenvalue weighted by Crippen LogP contribution is 2.41. The molecule has 0 bridgehead atoms. The first kappa shape index (κ1) is 12.1. The summed E-state index contributed by atoms with van der Waals surface area (Å²) in [6.07, 6.45) is 3.09.